The Morgan fingerprint density at radius 2 is 2.21 bits per heavy atom. The maximum absolute atomic E-state index is 13.1. The molecule has 0 bridgehead atoms. The van der Waals surface area contributed by atoms with Gasteiger partial charge in [-0.25, -0.2) is 4.39 Å². The van der Waals surface area contributed by atoms with Gasteiger partial charge in [-0.15, -0.1) is 0 Å². The molecular formula is C15H21FN2O. The van der Waals surface area contributed by atoms with Crippen molar-refractivity contribution in [3.63, 3.8) is 0 Å². The van der Waals surface area contributed by atoms with E-state index in [1.54, 1.807) is 6.07 Å². The molecule has 3 nitrogen and oxygen atoms in total. The second-order valence-corrected chi connectivity index (χ2v) is 5.25. The number of piperidine rings is 1. The molecule has 1 saturated heterocycles. The first-order chi connectivity index (χ1) is 9.15. The number of carbonyl (C=O) groups is 1. The molecule has 1 heterocycles. The lowest BCUT2D eigenvalue weighted by atomic mass is 9.97. The van der Waals surface area contributed by atoms with Crippen LogP contribution in [0.5, 0.6) is 0 Å². The Morgan fingerprint density at radius 3 is 2.89 bits per heavy atom. The number of hydrogen-bond donors (Lipinski definition) is 2. The number of halogens is 1. The van der Waals surface area contributed by atoms with E-state index in [1.165, 1.54) is 12.1 Å². The number of amides is 1. The van der Waals surface area contributed by atoms with E-state index < -0.39 is 0 Å². The Morgan fingerprint density at radius 1 is 1.47 bits per heavy atom. The van der Waals surface area contributed by atoms with Gasteiger partial charge in [0.05, 0.1) is 0 Å². The van der Waals surface area contributed by atoms with E-state index in [-0.39, 0.29) is 23.7 Å². The Hall–Kier alpha value is -1.42. The molecule has 1 unspecified atom stereocenters. The maximum atomic E-state index is 13.1. The zero-order chi connectivity index (χ0) is 13.7. The van der Waals surface area contributed by atoms with Crippen molar-refractivity contribution in [2.45, 2.75) is 38.1 Å². The van der Waals surface area contributed by atoms with Crippen molar-refractivity contribution in [2.24, 2.45) is 0 Å². The van der Waals surface area contributed by atoms with Crippen LogP contribution >= 0.6 is 0 Å². The van der Waals surface area contributed by atoms with Crippen molar-refractivity contribution >= 4 is 5.91 Å². The van der Waals surface area contributed by atoms with E-state index in [0.717, 1.165) is 31.5 Å². The van der Waals surface area contributed by atoms with Gasteiger partial charge in [-0.05, 0) is 49.5 Å². The van der Waals surface area contributed by atoms with Gasteiger partial charge in [0, 0.05) is 12.5 Å². The Labute approximate surface area is 113 Å². The Bertz CT molecular complexity index is 430. The average Bonchev–Trinajstić information content (AvgIpc) is 2.39. The fourth-order valence-corrected chi connectivity index (χ4v) is 2.46. The SMILES string of the molecule is CC(CC(=O)NC1CCNCC1)c1cccc(F)c1. The lowest BCUT2D eigenvalue weighted by Gasteiger charge is -2.24. The third-order valence-electron chi connectivity index (χ3n) is 3.61. The number of nitrogens with one attached hydrogen (secondary N) is 2. The van der Waals surface area contributed by atoms with Gasteiger partial charge in [-0.2, -0.15) is 0 Å². The molecular weight excluding hydrogens is 243 g/mol. The second kappa shape index (κ2) is 6.66. The van der Waals surface area contributed by atoms with Crippen LogP contribution in [0.4, 0.5) is 4.39 Å². The summed E-state index contributed by atoms with van der Waals surface area (Å²) in [6.45, 7) is 3.88. The number of hydrogen-bond acceptors (Lipinski definition) is 2. The molecule has 0 saturated carbocycles. The summed E-state index contributed by atoms with van der Waals surface area (Å²) in [7, 11) is 0. The monoisotopic (exact) mass is 264 g/mol. The average molecular weight is 264 g/mol. The van der Waals surface area contributed by atoms with Crippen LogP contribution in [0, 0.1) is 5.82 Å². The smallest absolute Gasteiger partial charge is 0.220 e. The predicted octanol–water partition coefficient (Wildman–Crippen LogP) is 2.19. The van der Waals surface area contributed by atoms with Gasteiger partial charge in [0.25, 0.3) is 0 Å². The summed E-state index contributed by atoms with van der Waals surface area (Å²) in [5, 5.41) is 6.33. The quantitative estimate of drug-likeness (QED) is 0.875. The molecule has 2 rings (SSSR count). The zero-order valence-electron chi connectivity index (χ0n) is 11.3. The van der Waals surface area contributed by atoms with Crippen LogP contribution in [-0.2, 0) is 4.79 Å². The molecule has 1 aliphatic rings. The lowest BCUT2D eigenvalue weighted by Crippen LogP contribution is -2.42. The van der Waals surface area contributed by atoms with E-state index in [0.29, 0.717) is 6.42 Å². The summed E-state index contributed by atoms with van der Waals surface area (Å²) < 4.78 is 13.1. The molecule has 104 valence electrons. The van der Waals surface area contributed by atoms with Gasteiger partial charge >= 0.3 is 0 Å². The highest BCUT2D eigenvalue weighted by Gasteiger charge is 2.17. The van der Waals surface area contributed by atoms with Crippen molar-refractivity contribution in [2.75, 3.05) is 13.1 Å². The maximum Gasteiger partial charge on any atom is 0.220 e. The first-order valence-electron chi connectivity index (χ1n) is 6.90. The van der Waals surface area contributed by atoms with Gasteiger partial charge in [0.2, 0.25) is 5.91 Å². The molecule has 0 spiro atoms. The molecule has 0 aromatic heterocycles. The molecule has 0 aliphatic carbocycles. The largest absolute Gasteiger partial charge is 0.353 e. The molecule has 1 aliphatic heterocycles. The molecule has 0 radical (unpaired) electrons. The van der Waals surface area contributed by atoms with Crippen molar-refractivity contribution < 1.29 is 9.18 Å². The van der Waals surface area contributed by atoms with E-state index in [4.69, 9.17) is 0 Å². The highest BCUT2D eigenvalue weighted by Crippen LogP contribution is 2.19. The standard InChI is InChI=1S/C15H21FN2O/c1-11(12-3-2-4-13(16)10-12)9-15(19)18-14-5-7-17-8-6-14/h2-4,10-11,14,17H,5-9H2,1H3,(H,18,19). The van der Waals surface area contributed by atoms with Crippen molar-refractivity contribution in [1.29, 1.82) is 0 Å². The summed E-state index contributed by atoms with van der Waals surface area (Å²) in [6.07, 6.45) is 2.38. The third-order valence-corrected chi connectivity index (χ3v) is 3.61. The Kier molecular flexibility index (Phi) is 4.91. The van der Waals surface area contributed by atoms with E-state index in [9.17, 15) is 9.18 Å². The molecule has 1 atom stereocenters. The van der Waals surface area contributed by atoms with E-state index in [2.05, 4.69) is 10.6 Å². The number of benzene rings is 1. The molecule has 1 aromatic rings. The minimum atomic E-state index is -0.247. The zero-order valence-corrected chi connectivity index (χ0v) is 11.3. The first kappa shape index (κ1) is 14.0. The van der Waals surface area contributed by atoms with Gasteiger partial charge < -0.3 is 10.6 Å². The number of carbonyl (C=O) groups excluding carboxylic acids is 1. The summed E-state index contributed by atoms with van der Waals surface area (Å²) in [5.41, 5.74) is 0.875. The fourth-order valence-electron chi connectivity index (χ4n) is 2.46. The minimum absolute atomic E-state index is 0.0393. The van der Waals surface area contributed by atoms with Crippen LogP contribution in [0.25, 0.3) is 0 Å². The Balaban J connectivity index is 1.84. The van der Waals surface area contributed by atoms with Crippen molar-refractivity contribution in [3.8, 4) is 0 Å². The third kappa shape index (κ3) is 4.31. The van der Waals surface area contributed by atoms with Crippen LogP contribution in [0.1, 0.15) is 37.7 Å². The summed E-state index contributed by atoms with van der Waals surface area (Å²) >= 11 is 0. The van der Waals surface area contributed by atoms with Crippen LogP contribution in [0.2, 0.25) is 0 Å². The van der Waals surface area contributed by atoms with Crippen LogP contribution in [-0.4, -0.2) is 25.0 Å². The summed E-state index contributed by atoms with van der Waals surface area (Å²) in [5.74, 6) is -0.149. The molecule has 2 N–H and O–H groups in total. The van der Waals surface area contributed by atoms with Crippen LogP contribution in [0.15, 0.2) is 24.3 Å². The van der Waals surface area contributed by atoms with E-state index in [1.807, 2.05) is 13.0 Å². The van der Waals surface area contributed by atoms with Gasteiger partial charge in [0.15, 0.2) is 0 Å². The van der Waals surface area contributed by atoms with Crippen LogP contribution < -0.4 is 10.6 Å². The normalized spacial score (nSPS) is 18.0. The molecule has 19 heavy (non-hydrogen) atoms. The summed E-state index contributed by atoms with van der Waals surface area (Å²) in [6, 6.07) is 6.76. The van der Waals surface area contributed by atoms with Gasteiger partial charge in [-0.3, -0.25) is 4.79 Å². The van der Waals surface area contributed by atoms with E-state index >= 15 is 0 Å². The predicted molar refractivity (Wildman–Crippen MR) is 73.5 cm³/mol. The minimum Gasteiger partial charge on any atom is -0.353 e. The van der Waals surface area contributed by atoms with Crippen LogP contribution in [0.3, 0.4) is 0 Å². The fraction of sp³-hybridized carbons (Fsp3) is 0.533. The second-order valence-electron chi connectivity index (χ2n) is 5.25. The van der Waals surface area contributed by atoms with Crippen molar-refractivity contribution in [1.82, 2.24) is 10.6 Å². The summed E-state index contributed by atoms with van der Waals surface area (Å²) in [4.78, 5) is 12.0. The van der Waals surface area contributed by atoms with Gasteiger partial charge in [0.1, 0.15) is 5.82 Å². The van der Waals surface area contributed by atoms with Crippen molar-refractivity contribution in [3.05, 3.63) is 35.6 Å². The molecule has 1 aromatic carbocycles. The highest BCUT2D eigenvalue weighted by molar-refractivity contribution is 5.77. The topological polar surface area (TPSA) is 41.1 Å². The lowest BCUT2D eigenvalue weighted by molar-refractivity contribution is -0.122. The molecule has 4 heteroatoms. The highest BCUT2D eigenvalue weighted by atomic mass is 19.1. The first-order valence-corrected chi connectivity index (χ1v) is 6.90. The number of rotatable bonds is 4. The molecule has 1 amide bonds. The molecule has 1 fully saturated rings. The van der Waals surface area contributed by atoms with Gasteiger partial charge in [-0.1, -0.05) is 19.1 Å².